The summed E-state index contributed by atoms with van der Waals surface area (Å²) in [6.45, 7) is 0. The summed E-state index contributed by atoms with van der Waals surface area (Å²) in [7, 11) is 0. The second-order valence-corrected chi connectivity index (χ2v) is 7.05. The normalized spacial score (nSPS) is 10.2. The lowest BCUT2D eigenvalue weighted by Gasteiger charge is -1.83. The van der Waals surface area contributed by atoms with E-state index in [2.05, 4.69) is 80.4 Å². The topological polar surface area (TPSA) is 0 Å². The van der Waals surface area contributed by atoms with E-state index in [4.69, 9.17) is 0 Å². The fraction of sp³-hybridized carbons (Fsp3) is 0. The molecule has 0 spiro atoms. The van der Waals surface area contributed by atoms with Crippen molar-refractivity contribution in [2.75, 3.05) is 0 Å². The van der Waals surface area contributed by atoms with Crippen LogP contribution in [0.25, 0.3) is 0 Å². The second-order valence-electron chi connectivity index (χ2n) is 1.31. The highest BCUT2D eigenvalue weighted by Gasteiger charge is 2.07. The monoisotopic (exact) mass is 494 g/mol. The minimum absolute atomic E-state index is 1.13. The van der Waals surface area contributed by atoms with Crippen molar-refractivity contribution in [3.05, 3.63) is 10.0 Å². The lowest BCUT2D eigenvalue weighted by molar-refractivity contribution is 1.59. The van der Waals surface area contributed by atoms with Crippen LogP contribution in [0.2, 0.25) is 0 Å². The molecule has 9 heavy (non-hydrogen) atoms. The predicted octanol–water partition coefficient (Wildman–Crippen LogP) is 3.85. The summed E-state index contributed by atoms with van der Waals surface area (Å²) in [5.41, 5.74) is 0. The molecule has 50 valence electrons. The van der Waals surface area contributed by atoms with Crippen molar-refractivity contribution in [1.29, 1.82) is 0 Å². The largest absolute Gasteiger partial charge is 0.132 e. The van der Waals surface area contributed by atoms with Crippen LogP contribution in [-0.4, -0.2) is 0 Å². The number of hydrogen-bond acceptors (Lipinski definition) is 2. The molecule has 0 unspecified atom stereocenters. The van der Waals surface area contributed by atoms with E-state index in [1.165, 1.54) is 10.0 Å². The maximum Gasteiger partial charge on any atom is 0.0809 e. The summed E-state index contributed by atoms with van der Waals surface area (Å²) in [5.74, 6) is 0. The maximum absolute atomic E-state index is 4.29. The van der Waals surface area contributed by atoms with Crippen molar-refractivity contribution >= 4 is 91.7 Å². The molecule has 0 saturated heterocycles. The minimum Gasteiger partial charge on any atom is -0.132 e. The molecule has 0 nitrogen and oxygen atoms in total. The van der Waals surface area contributed by atoms with Gasteiger partial charge >= 0.3 is 0 Å². The molecule has 5 heteroatoms. The number of halogens is 3. The number of thiophene rings is 1. The molecule has 0 N–H and O–H groups in total. The standard InChI is InChI=1S/C4HI3S2/c5-1-2(6)4(8)9-3(1)7/h8H. The SMILES string of the molecule is Sc1sc(I)c(I)c1I. The van der Waals surface area contributed by atoms with Gasteiger partial charge in [0.05, 0.1) is 14.2 Å². The molecule has 1 aromatic heterocycles. The average Bonchev–Trinajstić information content (AvgIpc) is 1.98. The van der Waals surface area contributed by atoms with Crippen LogP contribution in [0.3, 0.4) is 0 Å². The molecule has 0 aliphatic rings. The summed E-state index contributed by atoms with van der Waals surface area (Å²) >= 11 is 13.0. The van der Waals surface area contributed by atoms with Gasteiger partial charge in [-0.2, -0.15) is 0 Å². The molecule has 0 fully saturated rings. The Labute approximate surface area is 104 Å². The summed E-state index contributed by atoms with van der Waals surface area (Å²) in [6.07, 6.45) is 0. The fourth-order valence-electron chi connectivity index (χ4n) is 0.355. The molecular formula is C4HI3S2. The maximum atomic E-state index is 4.29. The second kappa shape index (κ2) is 3.76. The Hall–Kier alpha value is 2.24. The Morgan fingerprint density at radius 2 is 1.67 bits per heavy atom. The third-order valence-corrected chi connectivity index (χ3v) is 8.60. The lowest BCUT2D eigenvalue weighted by Crippen LogP contribution is -1.69. The molecule has 0 saturated carbocycles. The van der Waals surface area contributed by atoms with Crippen molar-refractivity contribution in [2.24, 2.45) is 0 Å². The molecule has 0 amide bonds. The van der Waals surface area contributed by atoms with Gasteiger partial charge < -0.3 is 0 Å². The van der Waals surface area contributed by atoms with Gasteiger partial charge in [-0.25, -0.2) is 0 Å². The van der Waals surface area contributed by atoms with Gasteiger partial charge in [-0.1, -0.05) is 0 Å². The van der Waals surface area contributed by atoms with Crippen LogP contribution in [0.5, 0.6) is 0 Å². The molecule has 1 aromatic rings. The van der Waals surface area contributed by atoms with Gasteiger partial charge in [0.1, 0.15) is 0 Å². The summed E-state index contributed by atoms with van der Waals surface area (Å²) < 4.78 is 5.08. The molecule has 1 rings (SSSR count). The fourth-order valence-corrected chi connectivity index (χ4v) is 5.04. The van der Waals surface area contributed by atoms with E-state index in [0.29, 0.717) is 0 Å². The first-order chi connectivity index (χ1) is 4.13. The van der Waals surface area contributed by atoms with Gasteiger partial charge in [0, 0.05) is 0 Å². The van der Waals surface area contributed by atoms with Crippen molar-refractivity contribution in [1.82, 2.24) is 0 Å². The van der Waals surface area contributed by atoms with E-state index in [9.17, 15) is 0 Å². The molecule has 0 atom stereocenters. The Balaban J connectivity index is 3.29. The molecule has 0 bridgehead atoms. The van der Waals surface area contributed by atoms with Crippen molar-refractivity contribution in [2.45, 2.75) is 4.21 Å². The van der Waals surface area contributed by atoms with Crippen LogP contribution in [-0.2, 0) is 0 Å². The predicted molar refractivity (Wildman–Crippen MR) is 69.7 cm³/mol. The molecule has 0 aliphatic heterocycles. The van der Waals surface area contributed by atoms with E-state index in [0.717, 1.165) is 4.21 Å². The van der Waals surface area contributed by atoms with Gasteiger partial charge in [-0.05, 0) is 67.8 Å². The number of rotatable bonds is 0. The molecule has 0 aliphatic carbocycles. The third-order valence-electron chi connectivity index (χ3n) is 0.739. The van der Waals surface area contributed by atoms with E-state index < -0.39 is 0 Å². The van der Waals surface area contributed by atoms with Crippen molar-refractivity contribution in [3.8, 4) is 0 Å². The first kappa shape index (κ1) is 9.33. The Morgan fingerprint density at radius 3 is 1.78 bits per heavy atom. The van der Waals surface area contributed by atoms with Gasteiger partial charge in [0.25, 0.3) is 0 Å². The highest BCUT2D eigenvalue weighted by atomic mass is 127. The van der Waals surface area contributed by atoms with E-state index in [1.54, 1.807) is 11.3 Å². The van der Waals surface area contributed by atoms with E-state index in [1.807, 2.05) is 0 Å². The summed E-state index contributed by atoms with van der Waals surface area (Å²) in [5, 5.41) is 0. The zero-order valence-electron chi connectivity index (χ0n) is 3.99. The molecule has 0 radical (unpaired) electrons. The molecule has 0 aromatic carbocycles. The molecule has 1 heterocycles. The lowest BCUT2D eigenvalue weighted by atomic mass is 10.7. The zero-order valence-corrected chi connectivity index (χ0v) is 12.2. The smallest absolute Gasteiger partial charge is 0.0809 e. The van der Waals surface area contributed by atoms with Crippen LogP contribution in [0, 0.1) is 10.0 Å². The number of hydrogen-bond donors (Lipinski definition) is 1. The van der Waals surface area contributed by atoms with Crippen LogP contribution in [0.1, 0.15) is 0 Å². The number of thiol groups is 1. The quantitative estimate of drug-likeness (QED) is 0.412. The van der Waals surface area contributed by atoms with Crippen molar-refractivity contribution < 1.29 is 0 Å². The highest BCUT2D eigenvalue weighted by molar-refractivity contribution is 14.1. The first-order valence-electron chi connectivity index (χ1n) is 1.95. The minimum atomic E-state index is 1.13. The highest BCUT2D eigenvalue weighted by Crippen LogP contribution is 2.34. The van der Waals surface area contributed by atoms with Crippen LogP contribution in [0.4, 0.5) is 0 Å². The summed E-state index contributed by atoms with van der Waals surface area (Å²) in [4.78, 5) is 0. The van der Waals surface area contributed by atoms with Crippen LogP contribution >= 0.6 is 91.7 Å². The third kappa shape index (κ3) is 2.09. The van der Waals surface area contributed by atoms with Crippen molar-refractivity contribution in [3.63, 3.8) is 0 Å². The van der Waals surface area contributed by atoms with Gasteiger partial charge in [-0.3, -0.25) is 0 Å². The Morgan fingerprint density at radius 1 is 1.11 bits per heavy atom. The Bertz CT molecular complexity index is 207. The van der Waals surface area contributed by atoms with Crippen LogP contribution < -0.4 is 0 Å². The zero-order chi connectivity index (χ0) is 7.02. The van der Waals surface area contributed by atoms with Gasteiger partial charge in [0.15, 0.2) is 0 Å². The average molecular weight is 494 g/mol. The van der Waals surface area contributed by atoms with Gasteiger partial charge in [0.2, 0.25) is 0 Å². The van der Waals surface area contributed by atoms with Crippen LogP contribution in [0.15, 0.2) is 4.21 Å². The summed E-state index contributed by atoms with van der Waals surface area (Å²) in [6, 6.07) is 0. The molecular weight excluding hydrogens is 493 g/mol. The first-order valence-corrected chi connectivity index (χ1v) is 6.45. The van der Waals surface area contributed by atoms with E-state index >= 15 is 0 Å². The Kier molecular flexibility index (Phi) is 3.90. The van der Waals surface area contributed by atoms with Gasteiger partial charge in [-0.15, -0.1) is 24.0 Å². The van der Waals surface area contributed by atoms with E-state index in [-0.39, 0.29) is 0 Å².